The molecular formula is C17H14ClN3O3S. The van der Waals surface area contributed by atoms with Crippen LogP contribution in [0.1, 0.15) is 21.5 Å². The van der Waals surface area contributed by atoms with Gasteiger partial charge in [-0.25, -0.2) is 0 Å². The molecule has 2 rings (SSSR count). The molecule has 0 fully saturated rings. The highest BCUT2D eigenvalue weighted by Crippen LogP contribution is 2.22. The molecule has 1 amide bonds. The van der Waals surface area contributed by atoms with E-state index in [-0.39, 0.29) is 16.3 Å². The molecule has 0 aliphatic heterocycles. The minimum atomic E-state index is -0.574. The number of amides is 1. The number of nitro groups is 1. The van der Waals surface area contributed by atoms with E-state index in [1.807, 2.05) is 18.2 Å². The van der Waals surface area contributed by atoms with Crippen LogP contribution in [0.5, 0.6) is 0 Å². The van der Waals surface area contributed by atoms with Crippen molar-refractivity contribution >= 4 is 35.0 Å². The van der Waals surface area contributed by atoms with Crippen LogP contribution in [0.3, 0.4) is 0 Å². The molecular weight excluding hydrogens is 362 g/mol. The molecule has 1 N–H and O–H groups in total. The maximum Gasteiger partial charge on any atom is 0.270 e. The van der Waals surface area contributed by atoms with E-state index in [9.17, 15) is 14.9 Å². The predicted octanol–water partition coefficient (Wildman–Crippen LogP) is 3.78. The van der Waals surface area contributed by atoms with Crippen LogP contribution >= 0.6 is 23.4 Å². The van der Waals surface area contributed by atoms with Crippen LogP contribution in [0.4, 0.5) is 5.69 Å². The van der Waals surface area contributed by atoms with Crippen LogP contribution in [0, 0.1) is 21.4 Å². The lowest BCUT2D eigenvalue weighted by molar-refractivity contribution is -0.384. The monoisotopic (exact) mass is 375 g/mol. The fraction of sp³-hybridized carbons (Fsp3) is 0.176. The molecule has 2 aromatic carbocycles. The zero-order chi connectivity index (χ0) is 18.2. The number of carbonyl (C=O) groups excluding carboxylic acids is 1. The van der Waals surface area contributed by atoms with Crippen LogP contribution in [-0.2, 0) is 5.75 Å². The molecule has 0 spiro atoms. The predicted molar refractivity (Wildman–Crippen MR) is 97.8 cm³/mol. The van der Waals surface area contributed by atoms with Crippen molar-refractivity contribution in [1.82, 2.24) is 5.32 Å². The van der Waals surface area contributed by atoms with Crippen LogP contribution in [0.15, 0.2) is 42.5 Å². The summed E-state index contributed by atoms with van der Waals surface area (Å²) in [6.45, 7) is 0.386. The topological polar surface area (TPSA) is 96.0 Å². The average molecular weight is 376 g/mol. The molecule has 6 nitrogen and oxygen atoms in total. The SMILES string of the molecule is N#Cc1ccccc1CSCCNC(=O)c1cc([N+](=O)[O-])ccc1Cl. The normalized spacial score (nSPS) is 10.1. The van der Waals surface area contributed by atoms with Crippen molar-refractivity contribution in [1.29, 1.82) is 5.26 Å². The zero-order valence-electron chi connectivity index (χ0n) is 13.1. The molecule has 0 atom stereocenters. The second-order valence-corrected chi connectivity index (χ2v) is 6.51. The van der Waals surface area contributed by atoms with Gasteiger partial charge in [-0.15, -0.1) is 0 Å². The Labute approximate surface area is 153 Å². The summed E-state index contributed by atoms with van der Waals surface area (Å²) in [6, 6.07) is 13.2. The van der Waals surface area contributed by atoms with Gasteiger partial charge in [0.25, 0.3) is 11.6 Å². The Hall–Kier alpha value is -2.56. The highest BCUT2D eigenvalue weighted by molar-refractivity contribution is 7.98. The average Bonchev–Trinajstić information content (AvgIpc) is 2.61. The fourth-order valence-electron chi connectivity index (χ4n) is 2.07. The Morgan fingerprint density at radius 2 is 2.08 bits per heavy atom. The number of nitriles is 1. The van der Waals surface area contributed by atoms with Crippen molar-refractivity contribution in [3.63, 3.8) is 0 Å². The fourth-order valence-corrected chi connectivity index (χ4v) is 3.14. The third kappa shape index (κ3) is 5.21. The standard InChI is InChI=1S/C17H14ClN3O3S/c18-16-6-5-14(21(23)24)9-15(16)17(22)20-7-8-25-11-13-4-2-1-3-12(13)10-19/h1-6,9H,7-8,11H2,(H,20,22). The van der Waals surface area contributed by atoms with Gasteiger partial charge in [0.15, 0.2) is 0 Å². The number of benzene rings is 2. The van der Waals surface area contributed by atoms with Crippen LogP contribution in [-0.4, -0.2) is 23.1 Å². The minimum Gasteiger partial charge on any atom is -0.351 e. The zero-order valence-corrected chi connectivity index (χ0v) is 14.6. The van der Waals surface area contributed by atoms with Gasteiger partial charge in [0.05, 0.1) is 27.1 Å². The van der Waals surface area contributed by atoms with Crippen LogP contribution in [0.2, 0.25) is 5.02 Å². The molecule has 0 unspecified atom stereocenters. The van der Waals surface area contributed by atoms with E-state index in [0.717, 1.165) is 11.6 Å². The van der Waals surface area contributed by atoms with Crippen molar-refractivity contribution < 1.29 is 9.72 Å². The van der Waals surface area contributed by atoms with Gasteiger partial charge in [-0.3, -0.25) is 14.9 Å². The molecule has 8 heteroatoms. The third-order valence-electron chi connectivity index (χ3n) is 3.33. The van der Waals surface area contributed by atoms with Gasteiger partial charge in [-0.2, -0.15) is 17.0 Å². The Morgan fingerprint density at radius 3 is 2.80 bits per heavy atom. The van der Waals surface area contributed by atoms with Crippen LogP contribution < -0.4 is 5.32 Å². The number of hydrogen-bond acceptors (Lipinski definition) is 5. The van der Waals surface area contributed by atoms with E-state index in [1.54, 1.807) is 17.8 Å². The molecule has 128 valence electrons. The first-order valence-corrected chi connectivity index (χ1v) is 8.84. The van der Waals surface area contributed by atoms with Crippen molar-refractivity contribution in [2.45, 2.75) is 5.75 Å². The van der Waals surface area contributed by atoms with Crippen molar-refractivity contribution in [3.8, 4) is 6.07 Å². The van der Waals surface area contributed by atoms with Gasteiger partial charge in [0, 0.05) is 30.2 Å². The van der Waals surface area contributed by atoms with Gasteiger partial charge in [0.2, 0.25) is 0 Å². The molecule has 0 saturated heterocycles. The molecule has 0 aliphatic rings. The van der Waals surface area contributed by atoms with E-state index in [0.29, 0.717) is 23.6 Å². The molecule has 25 heavy (non-hydrogen) atoms. The lowest BCUT2D eigenvalue weighted by atomic mass is 10.1. The number of nitro benzene ring substituents is 1. The lowest BCUT2D eigenvalue weighted by Gasteiger charge is -2.07. The molecule has 0 bridgehead atoms. The summed E-state index contributed by atoms with van der Waals surface area (Å²) < 4.78 is 0. The molecule has 0 aliphatic carbocycles. The summed E-state index contributed by atoms with van der Waals surface area (Å²) in [4.78, 5) is 22.3. The summed E-state index contributed by atoms with van der Waals surface area (Å²) in [5.74, 6) is 0.849. The van der Waals surface area contributed by atoms with Crippen molar-refractivity contribution in [2.24, 2.45) is 0 Å². The van der Waals surface area contributed by atoms with Gasteiger partial charge >= 0.3 is 0 Å². The van der Waals surface area contributed by atoms with E-state index < -0.39 is 10.8 Å². The summed E-state index contributed by atoms with van der Waals surface area (Å²) >= 11 is 7.51. The lowest BCUT2D eigenvalue weighted by Crippen LogP contribution is -2.26. The number of nitrogens with one attached hydrogen (secondary N) is 1. The molecule has 0 radical (unpaired) electrons. The molecule has 0 saturated carbocycles. The number of hydrogen-bond donors (Lipinski definition) is 1. The maximum atomic E-state index is 12.1. The molecule has 0 heterocycles. The Kier molecular flexibility index (Phi) is 6.81. The first kappa shape index (κ1) is 18.8. The quantitative estimate of drug-likeness (QED) is 0.451. The Balaban J connectivity index is 1.84. The van der Waals surface area contributed by atoms with Crippen molar-refractivity contribution in [2.75, 3.05) is 12.3 Å². The number of rotatable bonds is 7. The van der Waals surface area contributed by atoms with Gasteiger partial charge in [0.1, 0.15) is 0 Å². The van der Waals surface area contributed by atoms with Gasteiger partial charge < -0.3 is 5.32 Å². The highest BCUT2D eigenvalue weighted by Gasteiger charge is 2.15. The van der Waals surface area contributed by atoms with E-state index in [1.165, 1.54) is 12.1 Å². The maximum absolute atomic E-state index is 12.1. The second-order valence-electron chi connectivity index (χ2n) is 5.00. The smallest absolute Gasteiger partial charge is 0.270 e. The highest BCUT2D eigenvalue weighted by atomic mass is 35.5. The first-order chi connectivity index (χ1) is 12.0. The summed E-state index contributed by atoms with van der Waals surface area (Å²) in [5, 5.41) is 22.7. The molecule has 0 aromatic heterocycles. The summed E-state index contributed by atoms with van der Waals surface area (Å²) in [6.07, 6.45) is 0. The Morgan fingerprint density at radius 1 is 1.32 bits per heavy atom. The number of halogens is 1. The first-order valence-electron chi connectivity index (χ1n) is 7.31. The second kappa shape index (κ2) is 9.06. The molecule has 2 aromatic rings. The number of nitrogens with zero attached hydrogens (tertiary/aromatic N) is 2. The van der Waals surface area contributed by atoms with Gasteiger partial charge in [-0.1, -0.05) is 29.8 Å². The minimum absolute atomic E-state index is 0.0793. The van der Waals surface area contributed by atoms with E-state index >= 15 is 0 Å². The van der Waals surface area contributed by atoms with E-state index in [4.69, 9.17) is 16.9 Å². The third-order valence-corrected chi connectivity index (χ3v) is 4.67. The number of thioether (sulfide) groups is 1. The van der Waals surface area contributed by atoms with Crippen LogP contribution in [0.25, 0.3) is 0 Å². The summed E-state index contributed by atoms with van der Waals surface area (Å²) in [7, 11) is 0. The number of carbonyl (C=O) groups is 1. The van der Waals surface area contributed by atoms with Gasteiger partial charge in [-0.05, 0) is 17.7 Å². The number of non-ortho nitro benzene ring substituents is 1. The van der Waals surface area contributed by atoms with E-state index in [2.05, 4.69) is 11.4 Å². The summed E-state index contributed by atoms with van der Waals surface area (Å²) in [5.41, 5.74) is 1.48. The van der Waals surface area contributed by atoms with Crippen molar-refractivity contribution in [3.05, 3.63) is 74.3 Å². The largest absolute Gasteiger partial charge is 0.351 e. The Bertz CT molecular complexity index is 836.